The monoisotopic (exact) mass is 364 g/mol. The molecule has 2 aromatic carbocycles. The van der Waals surface area contributed by atoms with Gasteiger partial charge in [0.15, 0.2) is 0 Å². The second-order valence-electron chi connectivity index (χ2n) is 6.93. The van der Waals surface area contributed by atoms with Gasteiger partial charge in [-0.3, -0.25) is 4.79 Å². The molecule has 1 atom stereocenters. The van der Waals surface area contributed by atoms with Gasteiger partial charge in [0.2, 0.25) is 0 Å². The number of anilines is 2. The normalized spacial score (nSPS) is 16.4. The highest BCUT2D eigenvalue weighted by Crippen LogP contribution is 2.27. The Morgan fingerprint density at radius 3 is 2.15 bits per heavy atom. The molecule has 2 aromatic rings. The lowest BCUT2D eigenvalue weighted by molar-refractivity contribution is -0.119. The highest BCUT2D eigenvalue weighted by Gasteiger charge is 2.37. The van der Waals surface area contributed by atoms with Gasteiger partial charge in [0, 0.05) is 32.9 Å². The van der Waals surface area contributed by atoms with E-state index < -0.39 is 0 Å². The van der Waals surface area contributed by atoms with E-state index in [1.807, 2.05) is 49.3 Å². The largest absolute Gasteiger partial charge is 0.372 e. The van der Waals surface area contributed by atoms with Crippen molar-refractivity contribution in [1.29, 1.82) is 0 Å². The fraction of sp³-hybridized carbons (Fsp3) is 0.364. The summed E-state index contributed by atoms with van der Waals surface area (Å²) >= 11 is 0. The van der Waals surface area contributed by atoms with Gasteiger partial charge in [-0.25, -0.2) is 0 Å². The highest BCUT2D eigenvalue weighted by atomic mass is 16.2. The van der Waals surface area contributed by atoms with Gasteiger partial charge in [-0.2, -0.15) is 10.1 Å². The van der Waals surface area contributed by atoms with Crippen molar-refractivity contribution in [3.8, 4) is 0 Å². The SMILES string of the molecule is CCN(CC)c1ccc(CC2C(=O)N(c3ccccc3)N=C2N(C)C)cc1. The lowest BCUT2D eigenvalue weighted by atomic mass is 9.97. The average molecular weight is 364 g/mol. The quantitative estimate of drug-likeness (QED) is 0.786. The molecule has 27 heavy (non-hydrogen) atoms. The van der Waals surface area contributed by atoms with Crippen molar-refractivity contribution in [2.24, 2.45) is 11.0 Å². The van der Waals surface area contributed by atoms with Crippen molar-refractivity contribution in [3.05, 3.63) is 60.2 Å². The maximum absolute atomic E-state index is 13.1. The number of nitrogens with zero attached hydrogens (tertiary/aromatic N) is 4. The van der Waals surface area contributed by atoms with E-state index in [0.29, 0.717) is 6.42 Å². The summed E-state index contributed by atoms with van der Waals surface area (Å²) in [6.45, 7) is 6.29. The van der Waals surface area contributed by atoms with E-state index in [0.717, 1.165) is 30.2 Å². The molecule has 1 aliphatic heterocycles. The van der Waals surface area contributed by atoms with Crippen LogP contribution < -0.4 is 9.91 Å². The van der Waals surface area contributed by atoms with Crippen LogP contribution in [0.3, 0.4) is 0 Å². The first kappa shape index (κ1) is 19.0. The third-order valence-corrected chi connectivity index (χ3v) is 4.98. The lowest BCUT2D eigenvalue weighted by Gasteiger charge is -2.22. The summed E-state index contributed by atoms with van der Waals surface area (Å²) in [5.74, 6) is 0.564. The predicted octanol–water partition coefficient (Wildman–Crippen LogP) is 3.61. The second kappa shape index (κ2) is 8.25. The molecule has 5 nitrogen and oxygen atoms in total. The number of hydrogen-bond acceptors (Lipinski definition) is 4. The molecule has 0 aliphatic carbocycles. The Bertz CT molecular complexity index is 795. The Kier molecular flexibility index (Phi) is 5.79. The maximum Gasteiger partial charge on any atom is 0.258 e. The van der Waals surface area contributed by atoms with Crippen LogP contribution in [-0.2, 0) is 11.2 Å². The average Bonchev–Trinajstić information content (AvgIpc) is 3.01. The molecule has 1 unspecified atom stereocenters. The van der Waals surface area contributed by atoms with Crippen LogP contribution in [0.15, 0.2) is 59.7 Å². The van der Waals surface area contributed by atoms with Crippen LogP contribution in [0, 0.1) is 5.92 Å². The van der Waals surface area contributed by atoms with Crippen LogP contribution in [0.5, 0.6) is 0 Å². The molecule has 1 heterocycles. The summed E-state index contributed by atoms with van der Waals surface area (Å²) in [6.07, 6.45) is 0.651. The molecule has 0 radical (unpaired) electrons. The van der Waals surface area contributed by atoms with Crippen molar-refractivity contribution < 1.29 is 4.79 Å². The fourth-order valence-corrected chi connectivity index (χ4v) is 3.48. The van der Waals surface area contributed by atoms with Crippen molar-refractivity contribution in [2.75, 3.05) is 37.1 Å². The Hall–Kier alpha value is -2.82. The zero-order valence-corrected chi connectivity index (χ0v) is 16.6. The van der Waals surface area contributed by atoms with Crippen molar-refractivity contribution in [2.45, 2.75) is 20.3 Å². The predicted molar refractivity (Wildman–Crippen MR) is 112 cm³/mol. The Labute approximate surface area is 161 Å². The number of carbonyl (C=O) groups is 1. The first-order chi connectivity index (χ1) is 13.0. The number of carbonyl (C=O) groups excluding carboxylic acids is 1. The van der Waals surface area contributed by atoms with Crippen molar-refractivity contribution in [1.82, 2.24) is 4.90 Å². The summed E-state index contributed by atoms with van der Waals surface area (Å²) in [4.78, 5) is 17.3. The van der Waals surface area contributed by atoms with Gasteiger partial charge in [-0.15, -0.1) is 0 Å². The zero-order chi connectivity index (χ0) is 19.4. The van der Waals surface area contributed by atoms with Crippen molar-refractivity contribution in [3.63, 3.8) is 0 Å². The van der Waals surface area contributed by atoms with Crippen molar-refractivity contribution >= 4 is 23.1 Å². The molecule has 0 N–H and O–H groups in total. The Balaban J connectivity index is 1.81. The molecule has 1 amide bonds. The number of hydrazone groups is 1. The maximum atomic E-state index is 13.1. The van der Waals surface area contributed by atoms with Crippen LogP contribution in [-0.4, -0.2) is 43.8 Å². The van der Waals surface area contributed by atoms with Gasteiger partial charge in [0.1, 0.15) is 11.8 Å². The molecule has 3 rings (SSSR count). The molecular formula is C22H28N4O. The molecule has 0 bridgehead atoms. The third-order valence-electron chi connectivity index (χ3n) is 4.98. The van der Waals surface area contributed by atoms with E-state index >= 15 is 0 Å². The third kappa shape index (κ3) is 3.97. The second-order valence-corrected chi connectivity index (χ2v) is 6.93. The molecule has 5 heteroatoms. The van der Waals surface area contributed by atoms with Gasteiger partial charge in [-0.05, 0) is 50.1 Å². The van der Waals surface area contributed by atoms with Gasteiger partial charge in [-0.1, -0.05) is 30.3 Å². The molecule has 1 aliphatic rings. The highest BCUT2D eigenvalue weighted by molar-refractivity contribution is 6.14. The molecule has 142 valence electrons. The van der Waals surface area contributed by atoms with Crippen LogP contribution in [0.2, 0.25) is 0 Å². The van der Waals surface area contributed by atoms with E-state index in [4.69, 9.17) is 0 Å². The number of amides is 1. The number of hydrogen-bond donors (Lipinski definition) is 0. The molecule has 0 saturated carbocycles. The number of benzene rings is 2. The first-order valence-corrected chi connectivity index (χ1v) is 9.53. The number of amidine groups is 1. The van der Waals surface area contributed by atoms with E-state index in [1.54, 1.807) is 0 Å². The van der Waals surface area contributed by atoms with Gasteiger partial charge >= 0.3 is 0 Å². The molecule has 0 aromatic heterocycles. The van der Waals surface area contributed by atoms with Crippen LogP contribution >= 0.6 is 0 Å². The minimum absolute atomic E-state index is 0.0257. The molecule has 0 spiro atoms. The minimum Gasteiger partial charge on any atom is -0.372 e. The van der Waals surface area contributed by atoms with Gasteiger partial charge in [0.05, 0.1) is 5.69 Å². The Morgan fingerprint density at radius 2 is 1.59 bits per heavy atom. The summed E-state index contributed by atoms with van der Waals surface area (Å²) in [6, 6.07) is 18.1. The molecule has 0 saturated heterocycles. The summed E-state index contributed by atoms with van der Waals surface area (Å²) < 4.78 is 0. The van der Waals surface area contributed by atoms with E-state index in [2.05, 4.69) is 48.1 Å². The molecular weight excluding hydrogens is 336 g/mol. The van der Waals surface area contributed by atoms with E-state index in [-0.39, 0.29) is 11.8 Å². The zero-order valence-electron chi connectivity index (χ0n) is 16.6. The fourth-order valence-electron chi connectivity index (χ4n) is 3.48. The summed E-state index contributed by atoms with van der Waals surface area (Å²) in [5, 5.41) is 6.14. The van der Waals surface area contributed by atoms with E-state index in [1.165, 1.54) is 10.7 Å². The Morgan fingerprint density at radius 1 is 0.963 bits per heavy atom. The summed E-state index contributed by atoms with van der Waals surface area (Å²) in [7, 11) is 3.88. The van der Waals surface area contributed by atoms with Crippen LogP contribution in [0.1, 0.15) is 19.4 Å². The number of rotatable bonds is 6. The van der Waals surface area contributed by atoms with Gasteiger partial charge < -0.3 is 9.80 Å². The first-order valence-electron chi connectivity index (χ1n) is 9.53. The topological polar surface area (TPSA) is 39.2 Å². The van der Waals surface area contributed by atoms with Crippen LogP contribution in [0.25, 0.3) is 0 Å². The lowest BCUT2D eigenvalue weighted by Crippen LogP contribution is -2.34. The molecule has 0 fully saturated rings. The standard InChI is InChI=1S/C22H28N4O/c1-5-25(6-2)18-14-12-17(13-15-18)16-20-21(24(3)4)23-26(22(20)27)19-10-8-7-9-11-19/h7-15,20H,5-6,16H2,1-4H3. The minimum atomic E-state index is -0.264. The number of para-hydroxylation sites is 1. The summed E-state index contributed by atoms with van der Waals surface area (Å²) in [5.41, 5.74) is 3.17. The van der Waals surface area contributed by atoms with E-state index in [9.17, 15) is 4.79 Å². The van der Waals surface area contributed by atoms with Gasteiger partial charge in [0.25, 0.3) is 5.91 Å². The van der Waals surface area contributed by atoms with Crippen LogP contribution in [0.4, 0.5) is 11.4 Å². The smallest absolute Gasteiger partial charge is 0.258 e.